The van der Waals surface area contributed by atoms with Crippen LogP contribution in [0.5, 0.6) is 0 Å². The fraction of sp³-hybridized carbons (Fsp3) is 0.0714. The molecule has 0 unspecified atom stereocenters. The molecule has 6 heteroatoms. The predicted molar refractivity (Wildman–Crippen MR) is 82.9 cm³/mol. The summed E-state index contributed by atoms with van der Waals surface area (Å²) in [6.45, 7) is 0. The minimum Gasteiger partial charge on any atom is -0.325 e. The first-order valence-electron chi connectivity index (χ1n) is 5.64. The average molecular weight is 408 g/mol. The Morgan fingerprint density at radius 2 is 1.95 bits per heavy atom. The lowest BCUT2D eigenvalue weighted by atomic mass is 10.1. The number of amides is 1. The van der Waals surface area contributed by atoms with E-state index in [2.05, 4.69) is 5.32 Å². The lowest BCUT2D eigenvalue weighted by Gasteiger charge is -2.08. The van der Waals surface area contributed by atoms with Crippen LogP contribution in [-0.2, 0) is 11.2 Å². The Balaban J connectivity index is 2.09. The first-order valence-corrected chi connectivity index (χ1v) is 7.10. The van der Waals surface area contributed by atoms with Crippen molar-refractivity contribution < 1.29 is 13.6 Å². The van der Waals surface area contributed by atoms with E-state index in [-0.39, 0.29) is 17.9 Å². The van der Waals surface area contributed by atoms with E-state index in [4.69, 9.17) is 11.6 Å². The SMILES string of the molecule is O=C(Cc1ccc(F)cc1F)Nc1ccc(Cl)cc1I. The summed E-state index contributed by atoms with van der Waals surface area (Å²) in [5.41, 5.74) is 0.746. The number of benzene rings is 2. The van der Waals surface area contributed by atoms with Crippen molar-refractivity contribution in [3.8, 4) is 0 Å². The maximum absolute atomic E-state index is 13.4. The van der Waals surface area contributed by atoms with Crippen molar-refractivity contribution in [3.05, 3.63) is 62.2 Å². The van der Waals surface area contributed by atoms with Gasteiger partial charge < -0.3 is 5.32 Å². The smallest absolute Gasteiger partial charge is 0.228 e. The summed E-state index contributed by atoms with van der Waals surface area (Å²) in [5.74, 6) is -1.78. The maximum Gasteiger partial charge on any atom is 0.228 e. The van der Waals surface area contributed by atoms with Gasteiger partial charge in [0.05, 0.1) is 12.1 Å². The molecule has 1 N–H and O–H groups in total. The summed E-state index contributed by atoms with van der Waals surface area (Å²) < 4.78 is 27.0. The predicted octanol–water partition coefficient (Wildman–Crippen LogP) is 4.40. The molecule has 0 aliphatic rings. The topological polar surface area (TPSA) is 29.1 Å². The second-order valence-corrected chi connectivity index (χ2v) is 5.68. The van der Waals surface area contributed by atoms with Crippen molar-refractivity contribution in [1.82, 2.24) is 0 Å². The zero-order valence-electron chi connectivity index (χ0n) is 10.1. The number of carbonyl (C=O) groups is 1. The van der Waals surface area contributed by atoms with Crippen LogP contribution in [0, 0.1) is 15.2 Å². The second kappa shape index (κ2) is 6.49. The van der Waals surface area contributed by atoms with Crippen LogP contribution in [0.15, 0.2) is 36.4 Å². The van der Waals surface area contributed by atoms with E-state index in [1.807, 2.05) is 22.6 Å². The van der Waals surface area contributed by atoms with Gasteiger partial charge in [0.2, 0.25) is 5.91 Å². The number of halogens is 4. The molecule has 0 spiro atoms. The zero-order valence-corrected chi connectivity index (χ0v) is 13.0. The summed E-state index contributed by atoms with van der Waals surface area (Å²) in [4.78, 5) is 11.8. The Labute approximate surface area is 133 Å². The Bertz CT molecular complexity index is 608. The minimum absolute atomic E-state index is 0.146. The van der Waals surface area contributed by atoms with E-state index in [1.54, 1.807) is 18.2 Å². The zero-order chi connectivity index (χ0) is 14.7. The van der Waals surface area contributed by atoms with Crippen LogP contribution in [-0.4, -0.2) is 5.91 Å². The molecule has 2 rings (SSSR count). The van der Waals surface area contributed by atoms with E-state index in [9.17, 15) is 13.6 Å². The number of nitrogens with one attached hydrogen (secondary N) is 1. The van der Waals surface area contributed by atoms with Crippen LogP contribution < -0.4 is 5.32 Å². The van der Waals surface area contributed by atoms with Gasteiger partial charge in [-0.2, -0.15) is 0 Å². The number of rotatable bonds is 3. The molecule has 0 saturated carbocycles. The van der Waals surface area contributed by atoms with Crippen molar-refractivity contribution in [2.45, 2.75) is 6.42 Å². The van der Waals surface area contributed by atoms with E-state index in [0.29, 0.717) is 10.7 Å². The molecular weight excluding hydrogens is 399 g/mol. The molecule has 0 heterocycles. The lowest BCUT2D eigenvalue weighted by Crippen LogP contribution is -2.16. The number of hydrogen-bond acceptors (Lipinski definition) is 1. The van der Waals surface area contributed by atoms with Crippen LogP contribution in [0.1, 0.15) is 5.56 Å². The van der Waals surface area contributed by atoms with Gasteiger partial charge in [-0.1, -0.05) is 17.7 Å². The summed E-state index contributed by atoms with van der Waals surface area (Å²) >= 11 is 7.85. The molecule has 0 aliphatic carbocycles. The molecule has 0 atom stereocenters. The van der Waals surface area contributed by atoms with Gasteiger partial charge >= 0.3 is 0 Å². The van der Waals surface area contributed by atoms with Gasteiger partial charge in [-0.15, -0.1) is 0 Å². The highest BCUT2D eigenvalue weighted by molar-refractivity contribution is 14.1. The number of carbonyl (C=O) groups excluding carboxylic acids is 1. The van der Waals surface area contributed by atoms with Crippen molar-refractivity contribution in [2.75, 3.05) is 5.32 Å². The summed E-state index contributed by atoms with van der Waals surface area (Å²) in [6.07, 6.45) is -0.162. The molecule has 2 nitrogen and oxygen atoms in total. The Hall–Kier alpha value is -1.21. The molecule has 0 radical (unpaired) electrons. The third-order valence-corrected chi connectivity index (χ3v) is 3.70. The van der Waals surface area contributed by atoms with Gasteiger partial charge in [0.1, 0.15) is 11.6 Å². The number of hydrogen-bond donors (Lipinski definition) is 1. The van der Waals surface area contributed by atoms with Crippen molar-refractivity contribution in [1.29, 1.82) is 0 Å². The molecule has 2 aromatic rings. The van der Waals surface area contributed by atoms with Crippen molar-refractivity contribution in [2.24, 2.45) is 0 Å². The monoisotopic (exact) mass is 407 g/mol. The van der Waals surface area contributed by atoms with Crippen molar-refractivity contribution in [3.63, 3.8) is 0 Å². The fourth-order valence-corrected chi connectivity index (χ4v) is 2.63. The molecule has 0 saturated heterocycles. The molecule has 0 fully saturated rings. The minimum atomic E-state index is -0.731. The highest BCUT2D eigenvalue weighted by Crippen LogP contribution is 2.22. The Morgan fingerprint density at radius 1 is 1.20 bits per heavy atom. The normalized spacial score (nSPS) is 10.4. The molecule has 0 bridgehead atoms. The fourth-order valence-electron chi connectivity index (χ4n) is 1.62. The molecule has 0 aliphatic heterocycles. The van der Waals surface area contributed by atoms with E-state index in [1.165, 1.54) is 6.07 Å². The quantitative estimate of drug-likeness (QED) is 0.751. The summed E-state index contributed by atoms with van der Waals surface area (Å²) in [6, 6.07) is 8.17. The molecular formula is C14H9ClF2INO. The van der Waals surface area contributed by atoms with Gasteiger partial charge in [0, 0.05) is 14.7 Å². The average Bonchev–Trinajstić information content (AvgIpc) is 2.36. The van der Waals surface area contributed by atoms with E-state index < -0.39 is 11.6 Å². The third-order valence-electron chi connectivity index (χ3n) is 2.57. The standard InChI is InChI=1S/C14H9ClF2INO/c15-9-2-4-13(12(18)6-9)19-14(20)5-8-1-3-10(16)7-11(8)17/h1-4,6-7H,5H2,(H,19,20). The van der Waals surface area contributed by atoms with Gasteiger partial charge in [-0.25, -0.2) is 8.78 Å². The first-order chi connectivity index (χ1) is 9.45. The van der Waals surface area contributed by atoms with Crippen LogP contribution in [0.2, 0.25) is 5.02 Å². The van der Waals surface area contributed by atoms with Crippen LogP contribution in [0.4, 0.5) is 14.5 Å². The van der Waals surface area contributed by atoms with Crippen LogP contribution in [0.3, 0.4) is 0 Å². The molecule has 104 valence electrons. The number of anilines is 1. The first kappa shape index (κ1) is 15.2. The van der Waals surface area contributed by atoms with Gasteiger partial charge in [0.15, 0.2) is 0 Å². The van der Waals surface area contributed by atoms with E-state index in [0.717, 1.165) is 15.7 Å². The van der Waals surface area contributed by atoms with Gasteiger partial charge in [-0.05, 0) is 52.4 Å². The largest absolute Gasteiger partial charge is 0.325 e. The third kappa shape index (κ3) is 3.89. The van der Waals surface area contributed by atoms with Gasteiger partial charge in [-0.3, -0.25) is 4.79 Å². The summed E-state index contributed by atoms with van der Waals surface area (Å²) in [7, 11) is 0. The molecule has 2 aromatic carbocycles. The molecule has 1 amide bonds. The maximum atomic E-state index is 13.4. The highest BCUT2D eigenvalue weighted by Gasteiger charge is 2.11. The molecule has 0 aromatic heterocycles. The van der Waals surface area contributed by atoms with Gasteiger partial charge in [0.25, 0.3) is 0 Å². The van der Waals surface area contributed by atoms with E-state index >= 15 is 0 Å². The Morgan fingerprint density at radius 3 is 2.60 bits per heavy atom. The Kier molecular flexibility index (Phi) is 4.93. The second-order valence-electron chi connectivity index (χ2n) is 4.08. The summed E-state index contributed by atoms with van der Waals surface area (Å²) in [5, 5.41) is 3.23. The lowest BCUT2D eigenvalue weighted by molar-refractivity contribution is -0.115. The van der Waals surface area contributed by atoms with Crippen LogP contribution in [0.25, 0.3) is 0 Å². The molecule has 20 heavy (non-hydrogen) atoms. The van der Waals surface area contributed by atoms with Crippen molar-refractivity contribution >= 4 is 45.8 Å². The highest BCUT2D eigenvalue weighted by atomic mass is 127. The van der Waals surface area contributed by atoms with Crippen LogP contribution >= 0.6 is 34.2 Å².